The van der Waals surface area contributed by atoms with Gasteiger partial charge in [-0.1, -0.05) is 12.1 Å². The number of nitrogen functional groups attached to an aromatic ring is 1. The Morgan fingerprint density at radius 2 is 1.90 bits per heavy atom. The molecule has 0 atom stereocenters. The van der Waals surface area contributed by atoms with Crippen LogP contribution in [-0.2, 0) is 16.4 Å². The maximum Gasteiger partial charge on any atom is 0.180 e. The number of imidazole rings is 1. The van der Waals surface area contributed by atoms with Crippen molar-refractivity contribution in [2.45, 2.75) is 25.3 Å². The Labute approximate surface area is 124 Å². The molecule has 1 aromatic heterocycles. The molecule has 0 aliphatic rings. The first-order valence-corrected chi connectivity index (χ1v) is 8.12. The number of nitrogens with zero attached hydrogens (tertiary/aromatic N) is 2. The molecule has 112 valence electrons. The number of hydrogen-bond donors (Lipinski definition) is 2. The van der Waals surface area contributed by atoms with Crippen LogP contribution in [0.25, 0.3) is 0 Å². The molecule has 0 fully saturated rings. The fraction of sp³-hybridized carbons (Fsp3) is 0.286. The van der Waals surface area contributed by atoms with Gasteiger partial charge in [-0.3, -0.25) is 5.41 Å². The summed E-state index contributed by atoms with van der Waals surface area (Å²) in [4.78, 5) is 4.39. The molecule has 3 N–H and O–H groups in total. The lowest BCUT2D eigenvalue weighted by Crippen LogP contribution is -2.15. The lowest BCUT2D eigenvalue weighted by Gasteiger charge is -2.08. The van der Waals surface area contributed by atoms with Crippen molar-refractivity contribution >= 4 is 15.7 Å². The van der Waals surface area contributed by atoms with Crippen LogP contribution in [0, 0.1) is 19.3 Å². The second-order valence-corrected chi connectivity index (χ2v) is 6.97. The first-order chi connectivity index (χ1) is 9.81. The van der Waals surface area contributed by atoms with Gasteiger partial charge < -0.3 is 10.3 Å². The molecule has 7 heteroatoms. The average Bonchev–Trinajstić information content (AvgIpc) is 2.77. The lowest BCUT2D eigenvalue weighted by atomic mass is 10.2. The van der Waals surface area contributed by atoms with Crippen LogP contribution in [0.4, 0.5) is 0 Å². The van der Waals surface area contributed by atoms with Crippen molar-refractivity contribution in [2.75, 3.05) is 5.75 Å². The molecular formula is C14H18N4O2S. The summed E-state index contributed by atoms with van der Waals surface area (Å²) in [6.45, 7) is 4.17. The highest BCUT2D eigenvalue weighted by atomic mass is 32.2. The minimum absolute atomic E-state index is 0.00303. The van der Waals surface area contributed by atoms with Gasteiger partial charge in [-0.15, -0.1) is 0 Å². The Bertz CT molecular complexity index is 761. The zero-order chi connectivity index (χ0) is 15.6. The van der Waals surface area contributed by atoms with E-state index >= 15 is 0 Å². The van der Waals surface area contributed by atoms with E-state index in [1.807, 2.05) is 18.4 Å². The van der Waals surface area contributed by atoms with Gasteiger partial charge in [-0.05, 0) is 26.0 Å². The Hall–Kier alpha value is -2.15. The summed E-state index contributed by atoms with van der Waals surface area (Å²) in [7, 11) is -3.37. The van der Waals surface area contributed by atoms with Crippen molar-refractivity contribution in [1.29, 1.82) is 5.41 Å². The Kier molecular flexibility index (Phi) is 4.13. The van der Waals surface area contributed by atoms with Crippen LogP contribution in [0.2, 0.25) is 0 Å². The Balaban J connectivity index is 2.15. The summed E-state index contributed by atoms with van der Waals surface area (Å²) in [5.41, 5.74) is 7.73. The SMILES string of the molecule is Cc1ncn(CCS(=O)(=O)c2ccc(C(=N)N)cc2)c1C. The molecule has 6 nitrogen and oxygen atoms in total. The number of nitrogens with one attached hydrogen (secondary N) is 1. The average molecular weight is 306 g/mol. The van der Waals surface area contributed by atoms with E-state index in [9.17, 15) is 8.42 Å². The maximum atomic E-state index is 12.3. The standard InChI is InChI=1S/C14H18N4O2S/c1-10-11(2)18(9-17-10)7-8-21(19,20)13-5-3-12(4-6-13)14(15)16/h3-6,9H,7-8H2,1-2H3,(H3,15,16). The Morgan fingerprint density at radius 1 is 1.29 bits per heavy atom. The van der Waals surface area contributed by atoms with Gasteiger partial charge in [0.15, 0.2) is 9.84 Å². The molecule has 1 aromatic carbocycles. The summed E-state index contributed by atoms with van der Waals surface area (Å²) >= 11 is 0. The highest BCUT2D eigenvalue weighted by Gasteiger charge is 2.15. The molecule has 0 bridgehead atoms. The summed E-state index contributed by atoms with van der Waals surface area (Å²) in [5, 5.41) is 7.30. The first kappa shape index (κ1) is 15.2. The van der Waals surface area contributed by atoms with Crippen molar-refractivity contribution in [3.05, 3.63) is 47.5 Å². The van der Waals surface area contributed by atoms with Crippen molar-refractivity contribution in [2.24, 2.45) is 5.73 Å². The molecule has 0 aliphatic heterocycles. The molecule has 0 spiro atoms. The molecule has 21 heavy (non-hydrogen) atoms. The van der Waals surface area contributed by atoms with Gasteiger partial charge in [-0.2, -0.15) is 0 Å². The van der Waals surface area contributed by atoms with E-state index < -0.39 is 9.84 Å². The second-order valence-electron chi connectivity index (χ2n) is 4.87. The zero-order valence-electron chi connectivity index (χ0n) is 12.0. The molecule has 0 saturated heterocycles. The van der Waals surface area contributed by atoms with E-state index in [1.165, 1.54) is 12.1 Å². The van der Waals surface area contributed by atoms with Crippen LogP contribution in [0.15, 0.2) is 35.5 Å². The van der Waals surface area contributed by atoms with Crippen LogP contribution in [-0.4, -0.2) is 29.6 Å². The molecule has 0 unspecified atom stereocenters. The second kappa shape index (κ2) is 5.69. The number of aryl methyl sites for hydroxylation is 2. The van der Waals surface area contributed by atoms with Crippen molar-refractivity contribution in [3.63, 3.8) is 0 Å². The monoisotopic (exact) mass is 306 g/mol. The molecule has 1 heterocycles. The number of sulfone groups is 1. The number of rotatable bonds is 5. The predicted octanol–water partition coefficient (Wildman–Crippen LogP) is 1.26. The molecular weight excluding hydrogens is 288 g/mol. The van der Waals surface area contributed by atoms with E-state index in [-0.39, 0.29) is 16.5 Å². The van der Waals surface area contributed by atoms with Crippen molar-refractivity contribution in [3.8, 4) is 0 Å². The van der Waals surface area contributed by atoms with Gasteiger partial charge in [0.05, 0.1) is 22.7 Å². The molecule has 2 rings (SSSR count). The topological polar surface area (TPSA) is 102 Å². The van der Waals surface area contributed by atoms with Gasteiger partial charge in [0.25, 0.3) is 0 Å². The summed E-state index contributed by atoms with van der Waals surface area (Å²) in [5.74, 6) is -0.0771. The lowest BCUT2D eigenvalue weighted by molar-refractivity contribution is 0.588. The van der Waals surface area contributed by atoms with E-state index in [2.05, 4.69) is 4.98 Å². The smallest absolute Gasteiger partial charge is 0.180 e. The van der Waals surface area contributed by atoms with Gasteiger partial charge in [0.2, 0.25) is 0 Å². The largest absolute Gasteiger partial charge is 0.384 e. The van der Waals surface area contributed by atoms with Gasteiger partial charge in [0, 0.05) is 17.8 Å². The van der Waals surface area contributed by atoms with Crippen LogP contribution in [0.1, 0.15) is 17.0 Å². The minimum Gasteiger partial charge on any atom is -0.384 e. The molecule has 0 radical (unpaired) electrons. The van der Waals surface area contributed by atoms with Crippen molar-refractivity contribution in [1.82, 2.24) is 9.55 Å². The van der Waals surface area contributed by atoms with E-state index in [1.54, 1.807) is 18.5 Å². The molecule has 0 aliphatic carbocycles. The van der Waals surface area contributed by atoms with Crippen LogP contribution in [0.3, 0.4) is 0 Å². The number of nitrogens with two attached hydrogens (primary N) is 1. The number of hydrogen-bond acceptors (Lipinski definition) is 4. The fourth-order valence-corrected chi connectivity index (χ4v) is 3.17. The van der Waals surface area contributed by atoms with Gasteiger partial charge >= 0.3 is 0 Å². The van der Waals surface area contributed by atoms with Crippen LogP contribution < -0.4 is 5.73 Å². The van der Waals surface area contributed by atoms with E-state index in [0.29, 0.717) is 12.1 Å². The zero-order valence-corrected chi connectivity index (χ0v) is 12.8. The van der Waals surface area contributed by atoms with Crippen molar-refractivity contribution < 1.29 is 8.42 Å². The predicted molar refractivity (Wildman–Crippen MR) is 81.2 cm³/mol. The molecule has 0 saturated carbocycles. The number of amidine groups is 1. The van der Waals surface area contributed by atoms with Crippen LogP contribution in [0.5, 0.6) is 0 Å². The third-order valence-corrected chi connectivity index (χ3v) is 5.18. The first-order valence-electron chi connectivity index (χ1n) is 6.47. The van der Waals surface area contributed by atoms with Gasteiger partial charge in [0.1, 0.15) is 5.84 Å². The van der Waals surface area contributed by atoms with Gasteiger partial charge in [-0.25, -0.2) is 13.4 Å². The quantitative estimate of drug-likeness (QED) is 0.641. The summed E-state index contributed by atoms with van der Waals surface area (Å²) < 4.78 is 26.4. The third-order valence-electron chi connectivity index (χ3n) is 3.47. The third kappa shape index (κ3) is 3.30. The maximum absolute atomic E-state index is 12.3. The summed E-state index contributed by atoms with van der Waals surface area (Å²) in [6.07, 6.45) is 1.65. The highest BCUT2D eigenvalue weighted by molar-refractivity contribution is 7.91. The van der Waals surface area contributed by atoms with Crippen LogP contribution >= 0.6 is 0 Å². The molecule has 0 amide bonds. The number of aromatic nitrogens is 2. The normalized spacial score (nSPS) is 11.5. The van der Waals surface area contributed by atoms with E-state index in [0.717, 1.165) is 11.4 Å². The minimum atomic E-state index is -3.37. The van der Waals surface area contributed by atoms with E-state index in [4.69, 9.17) is 11.1 Å². The summed E-state index contributed by atoms with van der Waals surface area (Å²) in [6, 6.07) is 6.06. The fourth-order valence-electron chi connectivity index (χ4n) is 1.95. The number of benzene rings is 1. The Morgan fingerprint density at radius 3 is 2.38 bits per heavy atom. The highest BCUT2D eigenvalue weighted by Crippen LogP contribution is 2.14. The molecule has 2 aromatic rings.